The van der Waals surface area contributed by atoms with Crippen molar-refractivity contribution in [2.24, 2.45) is 7.05 Å². The molecular formula is C27H34N2O3. The van der Waals surface area contributed by atoms with E-state index in [1.807, 2.05) is 75.8 Å². The highest BCUT2D eigenvalue weighted by molar-refractivity contribution is 6.10. The highest BCUT2D eigenvalue weighted by Crippen LogP contribution is 2.28. The van der Waals surface area contributed by atoms with Gasteiger partial charge in [-0.05, 0) is 87.6 Å². The molecule has 0 atom stereocenters. The molecule has 0 spiro atoms. The summed E-state index contributed by atoms with van der Waals surface area (Å²) in [5.41, 5.74) is 4.91. The largest absolute Gasteiger partial charge is 0.459 e. The molecule has 0 unspecified atom stereocenters. The second-order valence-corrected chi connectivity index (χ2v) is 9.83. The second-order valence-electron chi connectivity index (χ2n) is 9.83. The summed E-state index contributed by atoms with van der Waals surface area (Å²) >= 11 is 0. The van der Waals surface area contributed by atoms with Gasteiger partial charge in [-0.15, -0.1) is 0 Å². The smallest absolute Gasteiger partial charge is 0.326 e. The summed E-state index contributed by atoms with van der Waals surface area (Å²) in [6, 6.07) is 11.8. The van der Waals surface area contributed by atoms with Crippen LogP contribution in [0.4, 0.5) is 5.69 Å². The topological polar surface area (TPSA) is 51.5 Å². The molecule has 5 nitrogen and oxygen atoms in total. The lowest BCUT2D eigenvalue weighted by Gasteiger charge is -2.26. The van der Waals surface area contributed by atoms with Crippen LogP contribution in [0.25, 0.3) is 10.9 Å². The molecule has 0 N–H and O–H groups in total. The number of anilines is 1. The van der Waals surface area contributed by atoms with Crippen molar-refractivity contribution >= 4 is 28.5 Å². The number of benzene rings is 2. The van der Waals surface area contributed by atoms with Crippen LogP contribution in [0, 0.1) is 13.8 Å². The Labute approximate surface area is 191 Å². The van der Waals surface area contributed by atoms with Crippen LogP contribution in [-0.2, 0) is 16.6 Å². The van der Waals surface area contributed by atoms with Gasteiger partial charge in [-0.25, -0.2) is 0 Å². The van der Waals surface area contributed by atoms with Crippen LogP contribution < -0.4 is 4.90 Å². The van der Waals surface area contributed by atoms with Gasteiger partial charge < -0.3 is 9.30 Å². The van der Waals surface area contributed by atoms with Crippen LogP contribution in [-0.4, -0.2) is 28.6 Å². The first-order chi connectivity index (χ1) is 14.9. The molecule has 0 aliphatic heterocycles. The van der Waals surface area contributed by atoms with Crippen LogP contribution >= 0.6 is 0 Å². The molecule has 0 bridgehead atoms. The molecule has 0 saturated carbocycles. The summed E-state index contributed by atoms with van der Waals surface area (Å²) in [4.78, 5) is 28.1. The minimum absolute atomic E-state index is 0.154. The molecule has 3 rings (SSSR count). The quantitative estimate of drug-likeness (QED) is 0.469. The highest BCUT2D eigenvalue weighted by atomic mass is 16.6. The zero-order valence-corrected chi connectivity index (χ0v) is 20.4. The van der Waals surface area contributed by atoms with Gasteiger partial charge in [-0.3, -0.25) is 14.5 Å². The van der Waals surface area contributed by atoms with E-state index in [2.05, 4.69) is 26.8 Å². The van der Waals surface area contributed by atoms with Crippen LogP contribution in [0.1, 0.15) is 67.6 Å². The first-order valence-electron chi connectivity index (χ1n) is 11.1. The zero-order chi connectivity index (χ0) is 23.8. The first-order valence-corrected chi connectivity index (χ1v) is 11.1. The Balaban J connectivity index is 2.08. The monoisotopic (exact) mass is 434 g/mol. The normalized spacial score (nSPS) is 11.8. The van der Waals surface area contributed by atoms with E-state index in [1.54, 1.807) is 0 Å². The van der Waals surface area contributed by atoms with Gasteiger partial charge in [-0.2, -0.15) is 0 Å². The Morgan fingerprint density at radius 2 is 1.72 bits per heavy atom. The Morgan fingerprint density at radius 1 is 1.03 bits per heavy atom. The Bertz CT molecular complexity index is 1170. The van der Waals surface area contributed by atoms with Crippen molar-refractivity contribution in [1.29, 1.82) is 0 Å². The number of hydrogen-bond donors (Lipinski definition) is 0. The van der Waals surface area contributed by atoms with Gasteiger partial charge in [0.15, 0.2) is 0 Å². The first kappa shape index (κ1) is 23.6. The molecule has 0 fully saturated rings. The Hall–Kier alpha value is -3.08. The summed E-state index contributed by atoms with van der Waals surface area (Å²) in [6.07, 6.45) is 1.98. The van der Waals surface area contributed by atoms with Crippen LogP contribution in [0.15, 0.2) is 42.6 Å². The molecule has 1 amide bonds. The van der Waals surface area contributed by atoms with Gasteiger partial charge in [-0.1, -0.05) is 19.9 Å². The fourth-order valence-electron chi connectivity index (χ4n) is 4.09. The number of aryl methyl sites for hydroxylation is 3. The number of fused-ring (bicyclic) bond motifs is 1. The molecular weight excluding hydrogens is 400 g/mol. The van der Waals surface area contributed by atoms with Gasteiger partial charge in [0.25, 0.3) is 5.91 Å². The summed E-state index contributed by atoms with van der Waals surface area (Å²) in [5.74, 6) is -0.347. The third-order valence-electron chi connectivity index (χ3n) is 5.60. The lowest BCUT2D eigenvalue weighted by atomic mass is 9.92. The number of nitrogens with zero attached hydrogens (tertiary/aromatic N) is 2. The maximum absolute atomic E-state index is 13.8. The van der Waals surface area contributed by atoms with E-state index in [1.165, 1.54) is 10.5 Å². The molecule has 0 aliphatic rings. The second kappa shape index (κ2) is 8.81. The van der Waals surface area contributed by atoms with E-state index in [-0.39, 0.29) is 12.5 Å². The van der Waals surface area contributed by atoms with Gasteiger partial charge in [0, 0.05) is 35.4 Å². The average molecular weight is 435 g/mol. The third kappa shape index (κ3) is 5.04. The number of ether oxygens (including phenoxy) is 1. The average Bonchev–Trinajstić information content (AvgIpc) is 3.04. The van der Waals surface area contributed by atoms with Gasteiger partial charge in [0.05, 0.1) is 0 Å². The zero-order valence-electron chi connectivity index (χ0n) is 20.4. The molecule has 1 heterocycles. The minimum atomic E-state index is -0.625. The predicted octanol–water partition coefficient (Wildman–Crippen LogP) is 5.91. The number of carbonyl (C=O) groups excluding carboxylic acids is 2. The van der Waals surface area contributed by atoms with E-state index in [0.717, 1.165) is 22.0 Å². The van der Waals surface area contributed by atoms with Crippen LogP contribution in [0.5, 0.6) is 0 Å². The number of carbonyl (C=O) groups is 2. The van der Waals surface area contributed by atoms with Gasteiger partial charge in [0.2, 0.25) is 0 Å². The number of esters is 1. The molecule has 0 aliphatic carbocycles. The SMILES string of the molecule is Cc1cc(C)c(C(C)C)cc1C(=O)N(CC(=O)OC(C)(C)C)c1ccc2c(ccn2C)c1. The van der Waals surface area contributed by atoms with Crippen molar-refractivity contribution in [1.82, 2.24) is 4.57 Å². The van der Waals surface area contributed by atoms with Crippen molar-refractivity contribution in [3.63, 3.8) is 0 Å². The third-order valence-corrected chi connectivity index (χ3v) is 5.60. The van der Waals surface area contributed by atoms with Crippen molar-refractivity contribution in [2.75, 3.05) is 11.4 Å². The molecule has 32 heavy (non-hydrogen) atoms. The fourth-order valence-corrected chi connectivity index (χ4v) is 4.09. The molecule has 2 aromatic carbocycles. The summed E-state index contributed by atoms with van der Waals surface area (Å²) in [7, 11) is 1.98. The molecule has 3 aromatic rings. The predicted molar refractivity (Wildman–Crippen MR) is 130 cm³/mol. The number of amides is 1. The molecule has 5 heteroatoms. The number of rotatable bonds is 5. The van der Waals surface area contributed by atoms with E-state index < -0.39 is 11.6 Å². The van der Waals surface area contributed by atoms with Crippen molar-refractivity contribution in [3.8, 4) is 0 Å². The van der Waals surface area contributed by atoms with E-state index in [9.17, 15) is 9.59 Å². The lowest BCUT2D eigenvalue weighted by Crippen LogP contribution is -2.39. The summed E-state index contributed by atoms with van der Waals surface area (Å²) in [6.45, 7) is 13.6. The van der Waals surface area contributed by atoms with E-state index >= 15 is 0 Å². The van der Waals surface area contributed by atoms with Crippen molar-refractivity contribution < 1.29 is 14.3 Å². The minimum Gasteiger partial charge on any atom is -0.459 e. The molecule has 170 valence electrons. The van der Waals surface area contributed by atoms with Crippen molar-refractivity contribution in [3.05, 3.63) is 64.8 Å². The lowest BCUT2D eigenvalue weighted by molar-refractivity contribution is -0.152. The molecule has 0 saturated heterocycles. The van der Waals surface area contributed by atoms with Gasteiger partial charge >= 0.3 is 5.97 Å². The molecule has 1 aromatic heterocycles. The summed E-state index contributed by atoms with van der Waals surface area (Å²) < 4.78 is 7.57. The fraction of sp³-hybridized carbons (Fsp3) is 0.407. The van der Waals surface area contributed by atoms with Crippen molar-refractivity contribution in [2.45, 2.75) is 60.0 Å². The van der Waals surface area contributed by atoms with Crippen LogP contribution in [0.2, 0.25) is 0 Å². The van der Waals surface area contributed by atoms with Gasteiger partial charge in [0.1, 0.15) is 12.1 Å². The van der Waals surface area contributed by atoms with E-state index in [4.69, 9.17) is 4.74 Å². The maximum Gasteiger partial charge on any atom is 0.326 e. The highest BCUT2D eigenvalue weighted by Gasteiger charge is 2.26. The van der Waals surface area contributed by atoms with Crippen LogP contribution in [0.3, 0.4) is 0 Å². The Kier molecular flexibility index (Phi) is 6.49. The standard InChI is InChI=1S/C27H34N2O3/c1-17(2)22-15-23(19(4)13-18(22)3)26(31)29(16-25(30)32-27(5,6)7)21-9-10-24-20(14-21)11-12-28(24)8/h9-15,17H,16H2,1-8H3. The molecule has 0 radical (unpaired) electrons. The number of hydrogen-bond acceptors (Lipinski definition) is 3. The van der Waals surface area contributed by atoms with E-state index in [0.29, 0.717) is 17.2 Å². The number of aromatic nitrogens is 1. The maximum atomic E-state index is 13.8. The Morgan fingerprint density at radius 3 is 2.34 bits per heavy atom. The summed E-state index contributed by atoms with van der Waals surface area (Å²) in [5, 5.41) is 1.01.